The van der Waals surface area contributed by atoms with Crippen LogP contribution in [0.25, 0.3) is 0 Å². The zero-order chi connectivity index (χ0) is 36.8. The lowest BCUT2D eigenvalue weighted by molar-refractivity contribution is -0.275. The molecule has 1 atom stereocenters. The number of H-pyrrole nitrogens is 1. The van der Waals surface area contributed by atoms with E-state index in [1.807, 2.05) is 46.0 Å². The maximum absolute atomic E-state index is 13.6. The first kappa shape index (κ1) is 37.5. The van der Waals surface area contributed by atoms with Crippen molar-refractivity contribution in [2.24, 2.45) is 0 Å². The minimum atomic E-state index is -4.90. The number of urea groups is 1. The fourth-order valence-electron chi connectivity index (χ4n) is 5.74. The molecule has 1 fully saturated rings. The summed E-state index contributed by atoms with van der Waals surface area (Å²) in [7, 11) is -2.33. The van der Waals surface area contributed by atoms with Crippen molar-refractivity contribution >= 4 is 31.9 Å². The summed E-state index contributed by atoms with van der Waals surface area (Å²) in [6.45, 7) is 9.98. The summed E-state index contributed by atoms with van der Waals surface area (Å²) in [5.41, 5.74) is 3.52. The normalized spacial score (nSPS) is 14.8. The van der Waals surface area contributed by atoms with Gasteiger partial charge in [-0.05, 0) is 89.1 Å². The third-order valence-electron chi connectivity index (χ3n) is 9.64. The summed E-state index contributed by atoms with van der Waals surface area (Å²) in [6.07, 6.45) is 1.05. The van der Waals surface area contributed by atoms with Gasteiger partial charge in [-0.1, -0.05) is 81.5 Å². The fourth-order valence-corrected chi connectivity index (χ4v) is 6.69. The maximum Gasteiger partial charge on any atom is 0.573 e. The first-order valence-electron chi connectivity index (χ1n) is 16.9. The molecule has 272 valence electrons. The predicted molar refractivity (Wildman–Crippen MR) is 190 cm³/mol. The van der Waals surface area contributed by atoms with Gasteiger partial charge < -0.3 is 19.8 Å². The summed E-state index contributed by atoms with van der Waals surface area (Å²) in [5, 5.41) is 21.3. The van der Waals surface area contributed by atoms with Crippen LogP contribution in [0.2, 0.25) is 18.1 Å². The number of aromatic nitrogens is 4. The molecule has 1 saturated carbocycles. The van der Waals surface area contributed by atoms with E-state index in [0.29, 0.717) is 17.0 Å². The Bertz CT molecular complexity index is 1770. The molecule has 4 aromatic rings. The molecule has 15 heteroatoms. The molecule has 0 saturated heterocycles. The van der Waals surface area contributed by atoms with Crippen molar-refractivity contribution in [3.63, 3.8) is 0 Å². The first-order valence-corrected chi connectivity index (χ1v) is 19.8. The number of aromatic amines is 1. The van der Waals surface area contributed by atoms with E-state index in [9.17, 15) is 22.8 Å². The second kappa shape index (κ2) is 15.6. The standard InChI is InChI=1S/C36H44F3N7O4Si/c1-35(2,3)51(4,5)49-22-28-21-29(19-20-30(28)50-36(37,38)39)40-34(48)41-31(25-13-11-24(12-14-25)23-9-7-6-8-10-23)26-15-17-27(18-16-26)32(47)42-33-43-45-46-44-33/h11-21,23,31H,6-10,22H2,1-5H3,(H2,40,41,48)(H2,42,43,44,45,46,47). The highest BCUT2D eigenvalue weighted by Gasteiger charge is 2.38. The molecule has 0 radical (unpaired) electrons. The summed E-state index contributed by atoms with van der Waals surface area (Å²) in [5.74, 6) is -0.301. The average molecular weight is 724 g/mol. The van der Waals surface area contributed by atoms with Crippen LogP contribution in [0.5, 0.6) is 5.75 Å². The minimum Gasteiger partial charge on any atom is -0.412 e. The monoisotopic (exact) mass is 723 g/mol. The van der Waals surface area contributed by atoms with E-state index in [4.69, 9.17) is 4.43 Å². The second-order valence-electron chi connectivity index (χ2n) is 14.3. The molecule has 1 aliphatic carbocycles. The van der Waals surface area contributed by atoms with Crippen molar-refractivity contribution in [2.45, 2.75) is 95.9 Å². The van der Waals surface area contributed by atoms with Crippen LogP contribution in [0.4, 0.5) is 29.6 Å². The number of halogens is 3. The highest BCUT2D eigenvalue weighted by Crippen LogP contribution is 2.39. The lowest BCUT2D eigenvalue weighted by Crippen LogP contribution is -2.40. The van der Waals surface area contributed by atoms with Gasteiger partial charge in [0.1, 0.15) is 5.75 Å². The molecule has 1 unspecified atom stereocenters. The van der Waals surface area contributed by atoms with Crippen LogP contribution in [0.3, 0.4) is 0 Å². The number of nitrogens with one attached hydrogen (secondary N) is 4. The van der Waals surface area contributed by atoms with Crippen LogP contribution in [0.15, 0.2) is 66.7 Å². The molecule has 0 spiro atoms. The minimum absolute atomic E-state index is 0.0334. The van der Waals surface area contributed by atoms with Crippen molar-refractivity contribution in [1.82, 2.24) is 25.9 Å². The molecule has 1 aromatic heterocycles. The van der Waals surface area contributed by atoms with E-state index >= 15 is 0 Å². The number of hydrogen-bond acceptors (Lipinski definition) is 7. The Kier molecular flexibility index (Phi) is 11.5. The Morgan fingerprint density at radius 2 is 1.57 bits per heavy atom. The molecule has 3 amide bonds. The van der Waals surface area contributed by atoms with E-state index in [1.165, 1.54) is 43.0 Å². The number of carbonyl (C=O) groups is 2. The quantitative estimate of drug-likeness (QED) is 0.113. The average Bonchev–Trinajstić information content (AvgIpc) is 3.60. The van der Waals surface area contributed by atoms with Crippen LogP contribution in [0, 0.1) is 0 Å². The van der Waals surface area contributed by atoms with Crippen LogP contribution >= 0.6 is 0 Å². The Morgan fingerprint density at radius 3 is 2.16 bits per heavy atom. The topological polar surface area (TPSA) is 143 Å². The van der Waals surface area contributed by atoms with E-state index in [-0.39, 0.29) is 28.8 Å². The highest BCUT2D eigenvalue weighted by atomic mass is 28.4. The second-order valence-corrected chi connectivity index (χ2v) is 19.1. The number of alkyl halides is 3. The van der Waals surface area contributed by atoms with Crippen LogP contribution in [-0.2, 0) is 11.0 Å². The molecule has 3 aromatic carbocycles. The highest BCUT2D eigenvalue weighted by molar-refractivity contribution is 6.74. The van der Waals surface area contributed by atoms with E-state index < -0.39 is 38.4 Å². The Morgan fingerprint density at radius 1 is 0.922 bits per heavy atom. The van der Waals surface area contributed by atoms with Gasteiger partial charge in [0.15, 0.2) is 8.32 Å². The number of rotatable bonds is 11. The molecule has 0 bridgehead atoms. The van der Waals surface area contributed by atoms with Crippen molar-refractivity contribution in [3.05, 3.63) is 94.5 Å². The number of tetrazole rings is 1. The number of anilines is 2. The Labute approximate surface area is 296 Å². The lowest BCUT2D eigenvalue weighted by Gasteiger charge is -2.36. The van der Waals surface area contributed by atoms with Gasteiger partial charge in [0.05, 0.1) is 12.6 Å². The first-order chi connectivity index (χ1) is 24.1. The van der Waals surface area contributed by atoms with Crippen molar-refractivity contribution in [2.75, 3.05) is 10.6 Å². The van der Waals surface area contributed by atoms with E-state index in [1.54, 1.807) is 24.3 Å². The molecule has 4 N–H and O–H groups in total. The third-order valence-corrected chi connectivity index (χ3v) is 14.1. The molecular formula is C36H44F3N7O4Si. The zero-order valence-corrected chi connectivity index (χ0v) is 30.4. The Balaban J connectivity index is 1.38. The molecule has 1 heterocycles. The van der Waals surface area contributed by atoms with Crippen LogP contribution in [0.1, 0.15) is 97.4 Å². The molecule has 5 rings (SSSR count). The summed E-state index contributed by atoms with van der Waals surface area (Å²) in [6, 6.07) is 17.6. The van der Waals surface area contributed by atoms with E-state index in [0.717, 1.165) is 18.4 Å². The third kappa shape index (κ3) is 10.2. The van der Waals surface area contributed by atoms with Crippen molar-refractivity contribution in [1.29, 1.82) is 0 Å². The van der Waals surface area contributed by atoms with Crippen LogP contribution in [-0.4, -0.2) is 47.2 Å². The maximum atomic E-state index is 13.6. The molecule has 11 nitrogen and oxygen atoms in total. The van der Waals surface area contributed by atoms with Crippen LogP contribution < -0.4 is 20.7 Å². The van der Waals surface area contributed by atoms with Gasteiger partial charge in [0.25, 0.3) is 11.9 Å². The van der Waals surface area contributed by atoms with Crippen molar-refractivity contribution in [3.8, 4) is 5.75 Å². The number of benzene rings is 3. The smallest absolute Gasteiger partial charge is 0.412 e. The largest absolute Gasteiger partial charge is 0.573 e. The number of carbonyl (C=O) groups excluding carboxylic acids is 2. The van der Waals surface area contributed by atoms with Gasteiger partial charge in [0.2, 0.25) is 0 Å². The number of amides is 3. The molecule has 1 aliphatic rings. The predicted octanol–water partition coefficient (Wildman–Crippen LogP) is 8.83. The van der Waals surface area contributed by atoms with Gasteiger partial charge in [-0.2, -0.15) is 5.21 Å². The van der Waals surface area contributed by atoms with Gasteiger partial charge in [0, 0.05) is 16.8 Å². The number of nitrogens with zero attached hydrogens (tertiary/aromatic N) is 3. The van der Waals surface area contributed by atoms with Crippen molar-refractivity contribution < 1.29 is 31.9 Å². The summed E-state index contributed by atoms with van der Waals surface area (Å²) >= 11 is 0. The molecule has 51 heavy (non-hydrogen) atoms. The molecule has 0 aliphatic heterocycles. The SMILES string of the molecule is CC(C)(C)[Si](C)(C)OCc1cc(NC(=O)NC(c2ccc(C(=O)Nc3nn[nH]n3)cc2)c2ccc(C3CCCCC3)cc2)ccc1OC(F)(F)F. The zero-order valence-electron chi connectivity index (χ0n) is 29.4. The summed E-state index contributed by atoms with van der Waals surface area (Å²) < 4.78 is 50.3. The Hall–Kier alpha value is -4.76. The van der Waals surface area contributed by atoms with E-state index in [2.05, 4.69) is 53.4 Å². The van der Waals surface area contributed by atoms with Gasteiger partial charge in [-0.25, -0.2) is 4.79 Å². The molecular weight excluding hydrogens is 680 g/mol. The van der Waals surface area contributed by atoms with Gasteiger partial charge >= 0.3 is 12.4 Å². The lowest BCUT2D eigenvalue weighted by atomic mass is 9.83. The number of hydrogen-bond donors (Lipinski definition) is 4. The summed E-state index contributed by atoms with van der Waals surface area (Å²) in [4.78, 5) is 26.3. The fraction of sp³-hybridized carbons (Fsp3) is 0.417. The van der Waals surface area contributed by atoms with Gasteiger partial charge in [-0.3, -0.25) is 10.1 Å². The van der Waals surface area contributed by atoms with Gasteiger partial charge in [-0.15, -0.1) is 18.3 Å². The number of ether oxygens (including phenoxy) is 1.